The van der Waals surface area contributed by atoms with Crippen molar-refractivity contribution in [3.05, 3.63) is 10.6 Å². The van der Waals surface area contributed by atoms with E-state index >= 15 is 0 Å². The Morgan fingerprint density at radius 3 is 2.94 bits per heavy atom. The van der Waals surface area contributed by atoms with Crippen molar-refractivity contribution >= 4 is 12.2 Å². The zero-order chi connectivity index (χ0) is 12.3. The average Bonchev–Trinajstić information content (AvgIpc) is 2.71. The van der Waals surface area contributed by atoms with Crippen molar-refractivity contribution in [3.63, 3.8) is 0 Å². The number of H-pyrrole nitrogens is 1. The van der Waals surface area contributed by atoms with E-state index in [4.69, 9.17) is 12.2 Å². The molecule has 1 aromatic rings. The van der Waals surface area contributed by atoms with Crippen LogP contribution in [-0.4, -0.2) is 14.8 Å². The second-order valence-electron chi connectivity index (χ2n) is 5.16. The summed E-state index contributed by atoms with van der Waals surface area (Å²) < 4.78 is 3.11. The lowest BCUT2D eigenvalue weighted by atomic mass is 9.84. The van der Waals surface area contributed by atoms with E-state index < -0.39 is 0 Å². The number of nitrogens with one attached hydrogen (secondary N) is 1. The number of aromatic amines is 1. The number of aromatic nitrogens is 3. The van der Waals surface area contributed by atoms with Crippen molar-refractivity contribution in [2.24, 2.45) is 5.92 Å². The van der Waals surface area contributed by atoms with Crippen LogP contribution in [0.4, 0.5) is 0 Å². The van der Waals surface area contributed by atoms with Gasteiger partial charge in [-0.2, -0.15) is 5.10 Å². The zero-order valence-electron chi connectivity index (χ0n) is 10.9. The minimum atomic E-state index is 0.585. The number of nitrogens with zero attached hydrogens (tertiary/aromatic N) is 2. The molecule has 17 heavy (non-hydrogen) atoms. The highest BCUT2D eigenvalue weighted by Crippen LogP contribution is 2.34. The van der Waals surface area contributed by atoms with Gasteiger partial charge in [-0.25, -0.2) is 0 Å². The van der Waals surface area contributed by atoms with Gasteiger partial charge in [0.15, 0.2) is 4.77 Å². The molecule has 2 unspecified atom stereocenters. The van der Waals surface area contributed by atoms with Crippen LogP contribution >= 0.6 is 12.2 Å². The molecule has 2 atom stereocenters. The molecule has 3 nitrogen and oxygen atoms in total. The Morgan fingerprint density at radius 1 is 1.41 bits per heavy atom. The van der Waals surface area contributed by atoms with Gasteiger partial charge in [-0.05, 0) is 37.4 Å². The maximum absolute atomic E-state index is 5.39. The van der Waals surface area contributed by atoms with Crippen molar-refractivity contribution in [2.75, 3.05) is 0 Å². The quantitative estimate of drug-likeness (QED) is 0.822. The molecule has 1 heterocycles. The Morgan fingerprint density at radius 2 is 2.24 bits per heavy atom. The van der Waals surface area contributed by atoms with E-state index in [1.165, 1.54) is 32.1 Å². The normalized spacial score (nSPS) is 25.1. The molecular formula is C13H23N3S. The molecule has 1 saturated carbocycles. The lowest BCUT2D eigenvalue weighted by molar-refractivity contribution is 0.255. The standard InChI is InChI=1S/C13H23N3S/c1-3-6-12-14-15-13(17)16(12)11-8-5-7-10(4-2)9-11/h10-11H,3-9H2,1-2H3,(H,15,17). The minimum Gasteiger partial charge on any atom is -0.301 e. The molecule has 96 valence electrons. The predicted octanol–water partition coefficient (Wildman–Crippen LogP) is 4.03. The number of rotatable bonds is 4. The molecule has 1 aliphatic rings. The third-order valence-corrected chi connectivity index (χ3v) is 4.24. The summed E-state index contributed by atoms with van der Waals surface area (Å²) in [6.45, 7) is 4.49. The maximum atomic E-state index is 5.39. The summed E-state index contributed by atoms with van der Waals surface area (Å²) in [6.07, 6.45) is 8.72. The van der Waals surface area contributed by atoms with Crippen LogP contribution in [0, 0.1) is 10.7 Å². The zero-order valence-corrected chi connectivity index (χ0v) is 11.7. The van der Waals surface area contributed by atoms with Crippen LogP contribution in [0.2, 0.25) is 0 Å². The highest BCUT2D eigenvalue weighted by molar-refractivity contribution is 7.71. The summed E-state index contributed by atoms with van der Waals surface area (Å²) in [6, 6.07) is 0.585. The lowest BCUT2D eigenvalue weighted by Gasteiger charge is -2.30. The van der Waals surface area contributed by atoms with Gasteiger partial charge in [0, 0.05) is 12.5 Å². The van der Waals surface area contributed by atoms with Gasteiger partial charge in [0.2, 0.25) is 0 Å². The number of aryl methyl sites for hydroxylation is 1. The van der Waals surface area contributed by atoms with E-state index in [0.29, 0.717) is 6.04 Å². The highest BCUT2D eigenvalue weighted by atomic mass is 32.1. The van der Waals surface area contributed by atoms with Crippen LogP contribution in [0.15, 0.2) is 0 Å². The van der Waals surface area contributed by atoms with E-state index in [9.17, 15) is 0 Å². The Bertz CT molecular complexity index is 407. The first kappa shape index (κ1) is 12.8. The number of hydrogen-bond acceptors (Lipinski definition) is 2. The summed E-state index contributed by atoms with van der Waals surface area (Å²) in [5.74, 6) is 2.03. The van der Waals surface area contributed by atoms with Crippen LogP contribution in [0.25, 0.3) is 0 Å². The fraction of sp³-hybridized carbons (Fsp3) is 0.846. The average molecular weight is 253 g/mol. The van der Waals surface area contributed by atoms with Gasteiger partial charge in [-0.15, -0.1) is 0 Å². The molecule has 0 bridgehead atoms. The molecule has 0 aromatic carbocycles. The smallest absolute Gasteiger partial charge is 0.195 e. The van der Waals surface area contributed by atoms with E-state index in [1.54, 1.807) is 0 Å². The van der Waals surface area contributed by atoms with Gasteiger partial charge >= 0.3 is 0 Å². The SMILES string of the molecule is CCCc1n[nH]c(=S)n1C1CCCC(CC)C1. The van der Waals surface area contributed by atoms with E-state index in [2.05, 4.69) is 28.6 Å². The predicted molar refractivity (Wildman–Crippen MR) is 72.7 cm³/mol. The molecule has 4 heteroatoms. The summed E-state index contributed by atoms with van der Waals surface area (Å²) in [7, 11) is 0. The fourth-order valence-electron chi connectivity index (χ4n) is 2.98. The van der Waals surface area contributed by atoms with Crippen molar-refractivity contribution < 1.29 is 0 Å². The maximum Gasteiger partial charge on any atom is 0.195 e. The molecule has 0 amide bonds. The van der Waals surface area contributed by atoms with Gasteiger partial charge in [0.1, 0.15) is 5.82 Å². The third-order valence-electron chi connectivity index (χ3n) is 3.95. The molecule has 1 aromatic heterocycles. The first-order valence-corrected chi connectivity index (χ1v) is 7.32. The second kappa shape index (κ2) is 5.80. The summed E-state index contributed by atoms with van der Waals surface area (Å²) in [5, 5.41) is 7.35. The van der Waals surface area contributed by atoms with Crippen molar-refractivity contribution in [2.45, 2.75) is 64.8 Å². The lowest BCUT2D eigenvalue weighted by Crippen LogP contribution is -2.20. The van der Waals surface area contributed by atoms with Crippen molar-refractivity contribution in [3.8, 4) is 0 Å². The Hall–Kier alpha value is -0.640. The van der Waals surface area contributed by atoms with Crippen LogP contribution in [0.3, 0.4) is 0 Å². The monoisotopic (exact) mass is 253 g/mol. The molecule has 0 spiro atoms. The van der Waals surface area contributed by atoms with Crippen LogP contribution in [0.1, 0.15) is 64.2 Å². The van der Waals surface area contributed by atoms with Crippen LogP contribution in [-0.2, 0) is 6.42 Å². The van der Waals surface area contributed by atoms with E-state index in [0.717, 1.165) is 29.4 Å². The van der Waals surface area contributed by atoms with Gasteiger partial charge in [0.05, 0.1) is 0 Å². The summed E-state index contributed by atoms with van der Waals surface area (Å²) in [4.78, 5) is 0. The summed E-state index contributed by atoms with van der Waals surface area (Å²) >= 11 is 5.39. The number of hydrogen-bond donors (Lipinski definition) is 1. The van der Waals surface area contributed by atoms with Crippen LogP contribution < -0.4 is 0 Å². The van der Waals surface area contributed by atoms with Crippen LogP contribution in [0.5, 0.6) is 0 Å². The Labute approximate surface area is 109 Å². The fourth-order valence-corrected chi connectivity index (χ4v) is 3.28. The van der Waals surface area contributed by atoms with Gasteiger partial charge in [-0.3, -0.25) is 5.10 Å². The molecule has 0 radical (unpaired) electrons. The van der Waals surface area contributed by atoms with Gasteiger partial charge in [0.25, 0.3) is 0 Å². The van der Waals surface area contributed by atoms with E-state index in [-0.39, 0.29) is 0 Å². The Balaban J connectivity index is 2.20. The minimum absolute atomic E-state index is 0.585. The molecule has 2 rings (SSSR count). The molecule has 1 aliphatic carbocycles. The topological polar surface area (TPSA) is 33.6 Å². The van der Waals surface area contributed by atoms with Crippen molar-refractivity contribution in [1.29, 1.82) is 0 Å². The first-order valence-electron chi connectivity index (χ1n) is 6.92. The molecule has 1 fully saturated rings. The Kier molecular flexibility index (Phi) is 4.37. The highest BCUT2D eigenvalue weighted by Gasteiger charge is 2.24. The second-order valence-corrected chi connectivity index (χ2v) is 5.55. The van der Waals surface area contributed by atoms with Gasteiger partial charge in [-0.1, -0.05) is 33.1 Å². The largest absolute Gasteiger partial charge is 0.301 e. The molecule has 1 N–H and O–H groups in total. The van der Waals surface area contributed by atoms with E-state index in [1.807, 2.05) is 0 Å². The van der Waals surface area contributed by atoms with Crippen molar-refractivity contribution in [1.82, 2.24) is 14.8 Å². The molecule has 0 saturated heterocycles. The van der Waals surface area contributed by atoms with Gasteiger partial charge < -0.3 is 4.57 Å². The molecule has 0 aliphatic heterocycles. The first-order chi connectivity index (χ1) is 8.26. The third kappa shape index (κ3) is 2.79. The summed E-state index contributed by atoms with van der Waals surface area (Å²) in [5.41, 5.74) is 0. The molecular weight excluding hydrogens is 230 g/mol.